The highest BCUT2D eigenvalue weighted by atomic mass is 16.5. The summed E-state index contributed by atoms with van der Waals surface area (Å²) in [7, 11) is 2.65. The summed E-state index contributed by atoms with van der Waals surface area (Å²) in [6.45, 7) is 7.67. The van der Waals surface area contributed by atoms with Crippen molar-refractivity contribution in [1.29, 1.82) is 0 Å². The number of rotatable bonds is 3. The molecule has 1 aliphatic carbocycles. The Morgan fingerprint density at radius 3 is 2.12 bits per heavy atom. The van der Waals surface area contributed by atoms with Crippen molar-refractivity contribution in [1.82, 2.24) is 0 Å². The molecule has 4 nitrogen and oxygen atoms in total. The zero-order valence-corrected chi connectivity index (χ0v) is 10.2. The fourth-order valence-electron chi connectivity index (χ4n) is 2.35. The molecule has 4 heteroatoms. The van der Waals surface area contributed by atoms with E-state index in [2.05, 4.69) is 11.3 Å². The van der Waals surface area contributed by atoms with Gasteiger partial charge >= 0.3 is 11.9 Å². The summed E-state index contributed by atoms with van der Waals surface area (Å²) < 4.78 is 9.41. The Hall–Kier alpha value is -1.32. The van der Waals surface area contributed by atoms with E-state index in [0.29, 0.717) is 6.42 Å². The average Bonchev–Trinajstić information content (AvgIpc) is 2.23. The average molecular weight is 226 g/mol. The molecule has 1 aliphatic rings. The predicted molar refractivity (Wildman–Crippen MR) is 58.6 cm³/mol. The maximum atomic E-state index is 11.7. The molecule has 0 bridgehead atoms. The van der Waals surface area contributed by atoms with Gasteiger partial charge in [0.2, 0.25) is 0 Å². The highest BCUT2D eigenvalue weighted by Crippen LogP contribution is 2.55. The quantitative estimate of drug-likeness (QED) is 0.541. The van der Waals surface area contributed by atoms with Crippen molar-refractivity contribution in [3.63, 3.8) is 0 Å². The molecule has 0 spiro atoms. The van der Waals surface area contributed by atoms with Gasteiger partial charge in [0.05, 0.1) is 26.1 Å². The van der Waals surface area contributed by atoms with E-state index in [1.165, 1.54) is 14.2 Å². The van der Waals surface area contributed by atoms with E-state index in [0.717, 1.165) is 5.57 Å². The van der Waals surface area contributed by atoms with Crippen molar-refractivity contribution in [2.24, 2.45) is 17.3 Å². The molecule has 1 rings (SSSR count). The number of esters is 2. The summed E-state index contributed by atoms with van der Waals surface area (Å²) in [6.07, 6.45) is 0.592. The predicted octanol–water partition coefficient (Wildman–Crippen LogP) is 1.55. The van der Waals surface area contributed by atoms with E-state index in [9.17, 15) is 9.59 Å². The molecule has 3 atom stereocenters. The van der Waals surface area contributed by atoms with Gasteiger partial charge in [-0.15, -0.1) is 0 Å². The lowest BCUT2D eigenvalue weighted by atomic mass is 9.52. The highest BCUT2D eigenvalue weighted by molar-refractivity contribution is 5.85. The van der Waals surface area contributed by atoms with Gasteiger partial charge in [0.1, 0.15) is 0 Å². The normalized spacial score (nSPS) is 32.5. The second-order valence-corrected chi connectivity index (χ2v) is 4.53. The van der Waals surface area contributed by atoms with Gasteiger partial charge in [0.25, 0.3) is 0 Å². The number of allylic oxidation sites excluding steroid dienone is 1. The number of carbonyl (C=O) groups excluding carboxylic acids is 2. The van der Waals surface area contributed by atoms with Crippen LogP contribution < -0.4 is 0 Å². The third-order valence-electron chi connectivity index (χ3n) is 3.67. The first-order chi connectivity index (χ1) is 7.38. The third kappa shape index (κ3) is 1.72. The van der Waals surface area contributed by atoms with Gasteiger partial charge in [0, 0.05) is 5.41 Å². The molecule has 0 amide bonds. The molecule has 0 N–H and O–H groups in total. The van der Waals surface area contributed by atoms with Crippen molar-refractivity contribution < 1.29 is 19.1 Å². The van der Waals surface area contributed by atoms with Crippen molar-refractivity contribution in [2.75, 3.05) is 14.2 Å². The first-order valence-corrected chi connectivity index (χ1v) is 5.20. The molecule has 0 aliphatic heterocycles. The first-order valence-electron chi connectivity index (χ1n) is 5.20. The van der Waals surface area contributed by atoms with E-state index in [1.807, 2.05) is 13.8 Å². The van der Waals surface area contributed by atoms with Crippen LogP contribution >= 0.6 is 0 Å². The fraction of sp³-hybridized carbons (Fsp3) is 0.667. The second-order valence-electron chi connectivity index (χ2n) is 4.53. The number of hydrogen-bond donors (Lipinski definition) is 0. The molecule has 1 saturated carbocycles. The minimum atomic E-state index is -0.470. The van der Waals surface area contributed by atoms with Crippen LogP contribution in [-0.4, -0.2) is 26.2 Å². The topological polar surface area (TPSA) is 52.6 Å². The lowest BCUT2D eigenvalue weighted by Crippen LogP contribution is -2.54. The van der Waals surface area contributed by atoms with Crippen LogP contribution in [0, 0.1) is 17.3 Å². The van der Waals surface area contributed by atoms with Gasteiger partial charge < -0.3 is 9.47 Å². The monoisotopic (exact) mass is 226 g/mol. The highest BCUT2D eigenvalue weighted by Gasteiger charge is 2.58. The van der Waals surface area contributed by atoms with E-state index in [1.54, 1.807) is 0 Å². The summed E-state index contributed by atoms with van der Waals surface area (Å²) in [6, 6.07) is 0. The fourth-order valence-corrected chi connectivity index (χ4v) is 2.35. The summed E-state index contributed by atoms with van der Waals surface area (Å²) >= 11 is 0. The number of carbonyl (C=O) groups is 2. The van der Waals surface area contributed by atoms with Crippen molar-refractivity contribution in [2.45, 2.75) is 20.3 Å². The molecule has 16 heavy (non-hydrogen) atoms. The molecule has 0 radical (unpaired) electrons. The summed E-state index contributed by atoms with van der Waals surface area (Å²) in [5, 5.41) is 0. The van der Waals surface area contributed by atoms with Crippen LogP contribution in [0.25, 0.3) is 0 Å². The van der Waals surface area contributed by atoms with E-state index >= 15 is 0 Å². The standard InChI is InChI=1S/C12H18O4/c1-7(2)12(3)6-8(10(13)15-4)9(12)11(14)16-5/h8-9H,1,6H2,2-5H3. The van der Waals surface area contributed by atoms with E-state index in [4.69, 9.17) is 4.74 Å². The van der Waals surface area contributed by atoms with Crippen molar-refractivity contribution in [3.05, 3.63) is 12.2 Å². The molecule has 0 aromatic carbocycles. The molecule has 0 saturated heterocycles. The molecule has 0 aromatic rings. The van der Waals surface area contributed by atoms with Crippen LogP contribution in [0.15, 0.2) is 12.2 Å². The van der Waals surface area contributed by atoms with Crippen LogP contribution in [0.2, 0.25) is 0 Å². The Kier molecular flexibility index (Phi) is 3.41. The largest absolute Gasteiger partial charge is 0.469 e. The van der Waals surface area contributed by atoms with Gasteiger partial charge in [-0.05, 0) is 13.3 Å². The van der Waals surface area contributed by atoms with Crippen LogP contribution in [0.1, 0.15) is 20.3 Å². The van der Waals surface area contributed by atoms with Gasteiger partial charge in [-0.2, -0.15) is 0 Å². The number of ether oxygens (including phenoxy) is 2. The summed E-state index contributed by atoms with van der Waals surface area (Å²) in [5.74, 6) is -1.59. The molecule has 90 valence electrons. The van der Waals surface area contributed by atoms with E-state index in [-0.39, 0.29) is 17.4 Å². The van der Waals surface area contributed by atoms with Crippen LogP contribution in [0.3, 0.4) is 0 Å². The number of hydrogen-bond acceptors (Lipinski definition) is 4. The van der Waals surface area contributed by atoms with Crippen molar-refractivity contribution in [3.8, 4) is 0 Å². The lowest BCUT2D eigenvalue weighted by molar-refractivity contribution is -0.175. The molecule has 0 aromatic heterocycles. The molecular weight excluding hydrogens is 208 g/mol. The van der Waals surface area contributed by atoms with Crippen LogP contribution in [0.4, 0.5) is 0 Å². The van der Waals surface area contributed by atoms with E-state index < -0.39 is 11.8 Å². The number of methoxy groups -OCH3 is 2. The Morgan fingerprint density at radius 1 is 1.25 bits per heavy atom. The summed E-state index contributed by atoms with van der Waals surface area (Å²) in [5.41, 5.74) is 0.537. The lowest BCUT2D eigenvalue weighted by Gasteiger charge is -2.50. The van der Waals surface area contributed by atoms with Gasteiger partial charge in [-0.3, -0.25) is 9.59 Å². The zero-order valence-electron chi connectivity index (χ0n) is 10.2. The Labute approximate surface area is 95.6 Å². The SMILES string of the molecule is C=C(C)C1(C)CC(C(=O)OC)C1C(=O)OC. The van der Waals surface area contributed by atoms with Crippen LogP contribution in [-0.2, 0) is 19.1 Å². The Bertz CT molecular complexity index is 334. The van der Waals surface area contributed by atoms with Gasteiger partial charge in [-0.1, -0.05) is 19.1 Å². The third-order valence-corrected chi connectivity index (χ3v) is 3.67. The maximum absolute atomic E-state index is 11.7. The molecule has 3 unspecified atom stereocenters. The summed E-state index contributed by atoms with van der Waals surface area (Å²) in [4.78, 5) is 23.1. The second kappa shape index (κ2) is 4.28. The van der Waals surface area contributed by atoms with Crippen molar-refractivity contribution >= 4 is 11.9 Å². The molecule has 1 fully saturated rings. The van der Waals surface area contributed by atoms with Crippen LogP contribution in [0.5, 0.6) is 0 Å². The minimum absolute atomic E-state index is 0.353. The Balaban J connectivity index is 2.94. The zero-order chi connectivity index (χ0) is 12.5. The Morgan fingerprint density at radius 2 is 1.75 bits per heavy atom. The maximum Gasteiger partial charge on any atom is 0.310 e. The first kappa shape index (κ1) is 12.7. The molecular formula is C12H18O4. The minimum Gasteiger partial charge on any atom is -0.469 e. The molecule has 0 heterocycles. The van der Waals surface area contributed by atoms with Gasteiger partial charge in [0.15, 0.2) is 0 Å². The smallest absolute Gasteiger partial charge is 0.310 e. The van der Waals surface area contributed by atoms with Gasteiger partial charge in [-0.25, -0.2) is 0 Å².